The van der Waals surface area contributed by atoms with E-state index >= 15 is 0 Å². The van der Waals surface area contributed by atoms with Crippen LogP contribution in [0.2, 0.25) is 0 Å². The Balaban J connectivity index is 0.000000177. The van der Waals surface area contributed by atoms with Crippen molar-refractivity contribution in [3.63, 3.8) is 0 Å². The molecule has 0 radical (unpaired) electrons. The van der Waals surface area contributed by atoms with E-state index in [-0.39, 0.29) is 0 Å². The van der Waals surface area contributed by atoms with Gasteiger partial charge in [-0.05, 0) is 155 Å². The third-order valence-corrected chi connectivity index (χ3v) is 11.6. The van der Waals surface area contributed by atoms with Crippen molar-refractivity contribution in [2.45, 2.75) is 48.5 Å². The van der Waals surface area contributed by atoms with Crippen LogP contribution in [0.15, 0.2) is 96.3 Å². The van der Waals surface area contributed by atoms with Crippen molar-refractivity contribution in [3.8, 4) is 0 Å². The molecule has 212 valence electrons. The third kappa shape index (κ3) is 13.7. The molecule has 0 aliphatic carbocycles. The zero-order chi connectivity index (χ0) is 29.7. The molecule has 0 aliphatic heterocycles. The summed E-state index contributed by atoms with van der Waals surface area (Å²) in [5.74, 6) is 0. The van der Waals surface area contributed by atoms with E-state index in [0.29, 0.717) is 0 Å². The van der Waals surface area contributed by atoms with Gasteiger partial charge >= 0.3 is 0 Å². The molecule has 0 aliphatic rings. The molecule has 2 aromatic carbocycles. The van der Waals surface area contributed by atoms with Crippen molar-refractivity contribution in [2.24, 2.45) is 0 Å². The van der Waals surface area contributed by atoms with Crippen LogP contribution in [0, 0.1) is 48.5 Å². The van der Waals surface area contributed by atoms with E-state index in [0.717, 1.165) is 0 Å². The fourth-order valence-electron chi connectivity index (χ4n) is 3.19. The van der Waals surface area contributed by atoms with Gasteiger partial charge in [0.05, 0.1) is 3.79 Å². The zero-order valence-electron chi connectivity index (χ0n) is 23.8. The second kappa shape index (κ2) is 18.5. The van der Waals surface area contributed by atoms with Crippen molar-refractivity contribution in [1.82, 2.24) is 0 Å². The summed E-state index contributed by atoms with van der Waals surface area (Å²) in [6.45, 7) is 14.8. The van der Waals surface area contributed by atoms with Crippen LogP contribution in [0.4, 0.5) is 0 Å². The van der Waals surface area contributed by atoms with E-state index in [1.807, 2.05) is 11.3 Å². The fourth-order valence-corrected chi connectivity index (χ4v) is 8.11. The quantitative estimate of drug-likeness (QED) is 0.144. The number of hydrogen-bond acceptors (Lipinski definition) is 4. The highest BCUT2D eigenvalue weighted by Gasteiger charge is 1.94. The van der Waals surface area contributed by atoms with Crippen molar-refractivity contribution in [2.75, 3.05) is 0 Å². The molecule has 7 heteroatoms. The summed E-state index contributed by atoms with van der Waals surface area (Å²) in [7, 11) is 0. The van der Waals surface area contributed by atoms with Gasteiger partial charge in [0.1, 0.15) is 0 Å². The highest BCUT2D eigenvalue weighted by Crippen LogP contribution is 2.24. The SMILES string of the molecule is Cc1cc(Br)cs1.Cc1cc2ccccc2s1.Cc1ccc(Br)s1.Cc1ccc(C)c(C)c1.Cc1sccc1Br. The molecular formula is C33H35Br3S4. The highest BCUT2D eigenvalue weighted by molar-refractivity contribution is 9.11. The maximum Gasteiger partial charge on any atom is 0.0701 e. The molecule has 6 aromatic rings. The van der Waals surface area contributed by atoms with Crippen LogP contribution in [-0.2, 0) is 0 Å². The second-order valence-corrected chi connectivity index (χ2v) is 17.0. The lowest BCUT2D eigenvalue weighted by Gasteiger charge is -1.98. The number of thiophene rings is 4. The van der Waals surface area contributed by atoms with E-state index in [1.165, 1.54) is 59.0 Å². The lowest BCUT2D eigenvalue weighted by atomic mass is 10.1. The van der Waals surface area contributed by atoms with Gasteiger partial charge in [-0.25, -0.2) is 0 Å². The molecule has 4 heterocycles. The van der Waals surface area contributed by atoms with E-state index < -0.39 is 0 Å². The maximum atomic E-state index is 3.38. The fraction of sp³-hybridized carbons (Fsp3) is 0.212. The van der Waals surface area contributed by atoms with Crippen LogP contribution in [0.1, 0.15) is 36.2 Å². The lowest BCUT2D eigenvalue weighted by Crippen LogP contribution is -1.79. The largest absolute Gasteiger partial charge is 0.148 e. The molecule has 0 spiro atoms. The molecular weight excluding hydrogens is 764 g/mol. The molecule has 40 heavy (non-hydrogen) atoms. The first-order valence-electron chi connectivity index (χ1n) is 12.6. The topological polar surface area (TPSA) is 0 Å². The summed E-state index contributed by atoms with van der Waals surface area (Å²) in [6, 6.07) is 25.5. The number of benzene rings is 2. The standard InChI is InChI=1S/C9H8S.C9H12.3C5H5BrS/c1-7-6-8-4-2-3-5-9(8)10-7;1-7-4-5-8(2)9(3)6-7;1-4-2-5(6)3-7-4;1-4-5(6)2-3-7-4;1-4-2-3-5(6)7-4/h2-6H,1H3;4-6H,1-3H3;3*2-3H,1H3. The Bertz CT molecular complexity index is 1450. The van der Waals surface area contributed by atoms with Crippen LogP contribution >= 0.6 is 93.1 Å². The number of halogens is 3. The van der Waals surface area contributed by atoms with Gasteiger partial charge in [-0.3, -0.25) is 0 Å². The summed E-state index contributed by atoms with van der Waals surface area (Å²) < 4.78 is 5.01. The van der Waals surface area contributed by atoms with Gasteiger partial charge in [-0.2, -0.15) is 0 Å². The van der Waals surface area contributed by atoms with E-state index in [1.54, 1.807) is 34.0 Å². The predicted molar refractivity (Wildman–Crippen MR) is 197 cm³/mol. The Hall–Kier alpha value is -1.06. The Labute approximate surface area is 281 Å². The first-order chi connectivity index (χ1) is 18.9. The summed E-state index contributed by atoms with van der Waals surface area (Å²) in [6.07, 6.45) is 0. The molecule has 0 N–H and O–H groups in total. The van der Waals surface area contributed by atoms with Gasteiger partial charge in [0.15, 0.2) is 0 Å². The van der Waals surface area contributed by atoms with Crippen molar-refractivity contribution >= 4 is 103 Å². The number of hydrogen-bond donors (Lipinski definition) is 0. The van der Waals surface area contributed by atoms with Crippen LogP contribution in [0.5, 0.6) is 0 Å². The third-order valence-electron chi connectivity index (χ3n) is 5.41. The van der Waals surface area contributed by atoms with Crippen LogP contribution in [0.3, 0.4) is 0 Å². The van der Waals surface area contributed by atoms with Crippen molar-refractivity contribution in [1.29, 1.82) is 0 Å². The Morgan fingerprint density at radius 1 is 0.575 bits per heavy atom. The summed E-state index contributed by atoms with van der Waals surface area (Å²) in [5.41, 5.74) is 4.11. The number of fused-ring (bicyclic) bond motifs is 1. The minimum absolute atomic E-state index is 1.19. The van der Waals surface area contributed by atoms with E-state index in [2.05, 4.69) is 180 Å². The molecule has 0 unspecified atom stereocenters. The van der Waals surface area contributed by atoms with Crippen LogP contribution in [-0.4, -0.2) is 0 Å². The maximum absolute atomic E-state index is 3.38. The minimum Gasteiger partial charge on any atom is -0.148 e. The van der Waals surface area contributed by atoms with E-state index in [9.17, 15) is 0 Å². The van der Waals surface area contributed by atoms with Gasteiger partial charge < -0.3 is 0 Å². The molecule has 0 atom stereocenters. The summed E-state index contributed by atoms with van der Waals surface area (Å²) >= 11 is 17.2. The summed E-state index contributed by atoms with van der Waals surface area (Å²) in [4.78, 5) is 5.44. The molecule has 0 fully saturated rings. The zero-order valence-corrected chi connectivity index (χ0v) is 31.9. The minimum atomic E-state index is 1.19. The number of aryl methyl sites for hydroxylation is 7. The van der Waals surface area contributed by atoms with Gasteiger partial charge in [0, 0.05) is 38.5 Å². The Morgan fingerprint density at radius 3 is 1.68 bits per heavy atom. The average Bonchev–Trinajstić information content (AvgIpc) is 3.68. The molecule has 6 rings (SSSR count). The Morgan fingerprint density at radius 2 is 1.30 bits per heavy atom. The molecule has 4 aromatic heterocycles. The molecule has 0 bridgehead atoms. The summed E-state index contributed by atoms with van der Waals surface area (Å²) in [5, 5.41) is 5.51. The smallest absolute Gasteiger partial charge is 0.0701 e. The van der Waals surface area contributed by atoms with Gasteiger partial charge in [0.2, 0.25) is 0 Å². The van der Waals surface area contributed by atoms with Crippen LogP contribution < -0.4 is 0 Å². The lowest BCUT2D eigenvalue weighted by molar-refractivity contribution is 1.30. The predicted octanol–water partition coefficient (Wildman–Crippen LogP) is 14.3. The average molecular weight is 800 g/mol. The first kappa shape index (κ1) is 35.1. The van der Waals surface area contributed by atoms with Crippen LogP contribution in [0.25, 0.3) is 10.1 Å². The van der Waals surface area contributed by atoms with Gasteiger partial charge in [0.25, 0.3) is 0 Å². The second-order valence-electron chi connectivity index (χ2n) is 9.03. The molecule has 0 saturated heterocycles. The van der Waals surface area contributed by atoms with Crippen molar-refractivity contribution < 1.29 is 0 Å². The molecule has 0 amide bonds. The van der Waals surface area contributed by atoms with Gasteiger partial charge in [-0.15, -0.1) is 45.3 Å². The van der Waals surface area contributed by atoms with Crippen molar-refractivity contribution in [3.05, 3.63) is 132 Å². The Kier molecular flexibility index (Phi) is 16.2. The highest BCUT2D eigenvalue weighted by atomic mass is 79.9. The van der Waals surface area contributed by atoms with E-state index in [4.69, 9.17) is 0 Å². The normalized spacial score (nSPS) is 9.75. The monoisotopic (exact) mass is 796 g/mol. The molecule has 0 nitrogen and oxygen atoms in total. The van der Waals surface area contributed by atoms with Gasteiger partial charge in [-0.1, -0.05) is 42.0 Å². The molecule has 0 saturated carbocycles. The first-order valence-corrected chi connectivity index (χ1v) is 18.3. The number of rotatable bonds is 0.